The summed E-state index contributed by atoms with van der Waals surface area (Å²) in [6.07, 6.45) is 5.86. The van der Waals surface area contributed by atoms with E-state index in [0.717, 1.165) is 36.3 Å². The van der Waals surface area contributed by atoms with Gasteiger partial charge in [0.1, 0.15) is 0 Å². The maximum Gasteiger partial charge on any atom is 0.223 e. The minimum absolute atomic E-state index is 0.158. The number of nitrogens with zero attached hydrogens (tertiary/aromatic N) is 7. The molecule has 32 heavy (non-hydrogen) atoms. The fourth-order valence-electron chi connectivity index (χ4n) is 4.45. The van der Waals surface area contributed by atoms with Crippen molar-refractivity contribution >= 4 is 39.8 Å². The van der Waals surface area contributed by atoms with Crippen LogP contribution in [0.5, 0.6) is 0 Å². The second-order valence-corrected chi connectivity index (χ2v) is 9.76. The zero-order chi connectivity index (χ0) is 22.6. The first-order valence-corrected chi connectivity index (χ1v) is 11.2. The van der Waals surface area contributed by atoms with Crippen LogP contribution in [-0.2, 0) is 6.54 Å². The summed E-state index contributed by atoms with van der Waals surface area (Å²) < 4.78 is 3.41. The second kappa shape index (κ2) is 7.60. The van der Waals surface area contributed by atoms with Gasteiger partial charge in [0.05, 0.1) is 29.5 Å². The van der Waals surface area contributed by atoms with E-state index in [9.17, 15) is 5.11 Å². The first-order chi connectivity index (χ1) is 15.2. The Morgan fingerprint density at radius 1 is 1.25 bits per heavy atom. The van der Waals surface area contributed by atoms with Crippen molar-refractivity contribution in [1.82, 2.24) is 29.4 Å². The van der Waals surface area contributed by atoms with Crippen molar-refractivity contribution in [2.75, 3.05) is 17.2 Å². The normalized spacial score (nSPS) is 19.8. The van der Waals surface area contributed by atoms with Gasteiger partial charge in [-0.1, -0.05) is 11.6 Å². The maximum atomic E-state index is 10.1. The fourth-order valence-corrected chi connectivity index (χ4v) is 4.62. The number of aliphatic hydroxyl groups is 1. The van der Waals surface area contributed by atoms with Gasteiger partial charge in [-0.15, -0.1) is 5.10 Å². The van der Waals surface area contributed by atoms with Crippen LogP contribution in [0.4, 0.5) is 11.6 Å². The van der Waals surface area contributed by atoms with Crippen molar-refractivity contribution in [3.05, 3.63) is 41.4 Å². The van der Waals surface area contributed by atoms with Crippen molar-refractivity contribution in [2.45, 2.75) is 57.7 Å². The van der Waals surface area contributed by atoms with E-state index in [4.69, 9.17) is 27.4 Å². The second-order valence-electron chi connectivity index (χ2n) is 9.32. The Balaban J connectivity index is 1.46. The topological polar surface area (TPSA) is 110 Å². The van der Waals surface area contributed by atoms with Crippen molar-refractivity contribution < 1.29 is 5.11 Å². The van der Waals surface area contributed by atoms with Crippen LogP contribution in [0.2, 0.25) is 5.02 Å². The molecule has 0 radical (unpaired) electrons. The molecule has 0 saturated carbocycles. The monoisotopic (exact) mass is 454 g/mol. The first kappa shape index (κ1) is 21.0. The molecule has 4 aromatic rings. The summed E-state index contributed by atoms with van der Waals surface area (Å²) in [5, 5.41) is 20.7. The third kappa shape index (κ3) is 3.86. The van der Waals surface area contributed by atoms with E-state index >= 15 is 0 Å². The molecule has 0 aliphatic carbocycles. The van der Waals surface area contributed by atoms with Gasteiger partial charge in [0, 0.05) is 35.1 Å². The minimum Gasteiger partial charge on any atom is -0.389 e. The Labute approximate surface area is 190 Å². The molecule has 9 nitrogen and oxygen atoms in total. The summed E-state index contributed by atoms with van der Waals surface area (Å²) in [6, 6.07) is 5.89. The molecule has 168 valence electrons. The molecule has 1 saturated heterocycles. The van der Waals surface area contributed by atoms with Crippen LogP contribution >= 0.6 is 11.6 Å². The van der Waals surface area contributed by atoms with Crippen molar-refractivity contribution in [1.29, 1.82) is 0 Å². The number of nitrogen functional groups attached to an aromatic ring is 1. The predicted octanol–water partition coefficient (Wildman–Crippen LogP) is 3.25. The Kier molecular flexibility index (Phi) is 4.98. The molecule has 0 spiro atoms. The Morgan fingerprint density at radius 2 is 2.06 bits per heavy atom. The molecule has 0 bridgehead atoms. The molecule has 4 heterocycles. The van der Waals surface area contributed by atoms with Gasteiger partial charge in [-0.3, -0.25) is 4.68 Å². The van der Waals surface area contributed by atoms with E-state index in [1.807, 2.05) is 24.5 Å². The Bertz CT molecular complexity index is 1290. The summed E-state index contributed by atoms with van der Waals surface area (Å²) in [5.74, 6) is 1.22. The fraction of sp³-hybridized carbons (Fsp3) is 0.455. The van der Waals surface area contributed by atoms with E-state index in [1.54, 1.807) is 29.1 Å². The van der Waals surface area contributed by atoms with Gasteiger partial charge in [-0.2, -0.15) is 9.61 Å². The highest BCUT2D eigenvalue weighted by Crippen LogP contribution is 2.33. The van der Waals surface area contributed by atoms with Gasteiger partial charge < -0.3 is 15.7 Å². The molecule has 5 rings (SSSR count). The zero-order valence-electron chi connectivity index (χ0n) is 18.4. The molecule has 0 unspecified atom stereocenters. The van der Waals surface area contributed by atoms with Crippen molar-refractivity contribution in [3.8, 4) is 0 Å². The highest BCUT2D eigenvalue weighted by molar-refractivity contribution is 6.31. The van der Waals surface area contributed by atoms with Crippen LogP contribution in [-0.4, -0.2) is 52.7 Å². The third-order valence-corrected chi connectivity index (χ3v) is 6.26. The number of rotatable bonds is 4. The molecule has 1 fully saturated rings. The number of hydrogen-bond donors (Lipinski definition) is 2. The highest BCUT2D eigenvalue weighted by atomic mass is 35.5. The number of hydrogen-bond acceptors (Lipinski definition) is 7. The lowest BCUT2D eigenvalue weighted by Crippen LogP contribution is -2.41. The van der Waals surface area contributed by atoms with Gasteiger partial charge in [0.15, 0.2) is 11.5 Å². The molecule has 0 amide bonds. The minimum atomic E-state index is -0.819. The summed E-state index contributed by atoms with van der Waals surface area (Å²) in [6.45, 7) is 7.00. The lowest BCUT2D eigenvalue weighted by atomic mass is 9.92. The average Bonchev–Trinajstić information content (AvgIpc) is 3.35. The number of fused-ring (bicyclic) bond motifs is 3. The summed E-state index contributed by atoms with van der Waals surface area (Å²) in [7, 11) is 0. The molecule has 1 aromatic carbocycles. The molecule has 10 heteroatoms. The van der Waals surface area contributed by atoms with E-state index in [1.165, 1.54) is 0 Å². The van der Waals surface area contributed by atoms with Crippen molar-refractivity contribution in [2.24, 2.45) is 0 Å². The number of piperidine rings is 1. The predicted molar refractivity (Wildman–Crippen MR) is 125 cm³/mol. The standard InChI is InChI=1S/C22H27ClN8O/c1-13-4-5-14(10-30(13)16-9-25-29(11-16)12-22(2,3)32)19-27-20-17-7-6-15(23)8-18(17)26-21(24)31(20)28-19/h6-9,11,13-14,32H,4-5,10,12H2,1-3H3,(H2,24,26)/t13-,14+/m0/s1. The van der Waals surface area contributed by atoms with Gasteiger partial charge in [0.25, 0.3) is 0 Å². The van der Waals surface area contributed by atoms with Gasteiger partial charge in [-0.25, -0.2) is 9.97 Å². The number of halogens is 1. The van der Waals surface area contributed by atoms with Crippen LogP contribution in [0.1, 0.15) is 45.4 Å². The molecular weight excluding hydrogens is 428 g/mol. The molecule has 1 aliphatic heterocycles. The highest BCUT2D eigenvalue weighted by Gasteiger charge is 2.30. The molecule has 3 aromatic heterocycles. The van der Waals surface area contributed by atoms with Gasteiger partial charge in [0.2, 0.25) is 5.95 Å². The SMILES string of the molecule is C[C@H]1CC[C@@H](c2nc3c4ccc(Cl)cc4nc(N)n3n2)CN1c1cnn(CC(C)(C)O)c1. The Hall–Kier alpha value is -2.91. The number of nitrogens with two attached hydrogens (primary N) is 1. The van der Waals surface area contributed by atoms with Crippen LogP contribution in [0.15, 0.2) is 30.6 Å². The van der Waals surface area contributed by atoms with Crippen LogP contribution in [0, 0.1) is 0 Å². The smallest absolute Gasteiger partial charge is 0.223 e. The van der Waals surface area contributed by atoms with Crippen LogP contribution < -0.4 is 10.6 Å². The third-order valence-electron chi connectivity index (χ3n) is 6.02. The van der Waals surface area contributed by atoms with Crippen LogP contribution in [0.3, 0.4) is 0 Å². The molecule has 2 atom stereocenters. The molecule has 3 N–H and O–H groups in total. The quantitative estimate of drug-likeness (QED) is 0.487. The summed E-state index contributed by atoms with van der Waals surface area (Å²) >= 11 is 6.12. The average molecular weight is 455 g/mol. The van der Waals surface area contributed by atoms with E-state index in [2.05, 4.69) is 21.9 Å². The van der Waals surface area contributed by atoms with E-state index in [-0.39, 0.29) is 5.92 Å². The zero-order valence-corrected chi connectivity index (χ0v) is 19.2. The molecular formula is C22H27ClN8O. The summed E-state index contributed by atoms with van der Waals surface area (Å²) in [5.41, 5.74) is 7.80. The van der Waals surface area contributed by atoms with Crippen molar-refractivity contribution in [3.63, 3.8) is 0 Å². The number of benzene rings is 1. The van der Waals surface area contributed by atoms with Gasteiger partial charge in [-0.05, 0) is 51.8 Å². The van der Waals surface area contributed by atoms with E-state index < -0.39 is 5.60 Å². The number of anilines is 2. The lowest BCUT2D eigenvalue weighted by molar-refractivity contribution is 0.0577. The van der Waals surface area contributed by atoms with Crippen LogP contribution in [0.25, 0.3) is 16.6 Å². The van der Waals surface area contributed by atoms with Gasteiger partial charge >= 0.3 is 0 Å². The largest absolute Gasteiger partial charge is 0.389 e. The maximum absolute atomic E-state index is 10.1. The van der Waals surface area contributed by atoms with E-state index in [0.29, 0.717) is 34.7 Å². The Morgan fingerprint density at radius 3 is 2.84 bits per heavy atom. The summed E-state index contributed by atoms with van der Waals surface area (Å²) in [4.78, 5) is 11.7. The first-order valence-electron chi connectivity index (χ1n) is 10.8. The lowest BCUT2D eigenvalue weighted by Gasteiger charge is -2.37. The molecule has 1 aliphatic rings. The number of aromatic nitrogens is 6.